The number of thiophene rings is 1. The van der Waals surface area contributed by atoms with Gasteiger partial charge in [-0.05, 0) is 45.6 Å². The van der Waals surface area contributed by atoms with Crippen LogP contribution in [0.5, 0.6) is 0 Å². The molecule has 0 saturated carbocycles. The molecule has 0 aliphatic rings. The Balaban J connectivity index is 2.34. The van der Waals surface area contributed by atoms with Crippen LogP contribution in [0.3, 0.4) is 0 Å². The van der Waals surface area contributed by atoms with Gasteiger partial charge in [0.2, 0.25) is 0 Å². The van der Waals surface area contributed by atoms with Crippen LogP contribution in [0, 0.1) is 0 Å². The lowest BCUT2D eigenvalue weighted by Gasteiger charge is -2.28. The minimum absolute atomic E-state index is 0.0115. The molecule has 0 unspecified atom stereocenters. The molecule has 1 heterocycles. The number of nitrogens with one attached hydrogen (secondary N) is 1. The standard InChI is InChI=1S/C15H24N2O3S/c1-11(17(5)14(19)20-15(2,3)4)6-8-16-13(18)12-7-9-21-10-12/h7,9-11H,6,8H2,1-5H3,(H,16,18)/t11-/m0/s1. The van der Waals surface area contributed by atoms with Gasteiger partial charge in [0.05, 0.1) is 0 Å². The van der Waals surface area contributed by atoms with Crippen molar-refractivity contribution in [2.75, 3.05) is 13.6 Å². The molecule has 6 heteroatoms. The molecule has 21 heavy (non-hydrogen) atoms. The Hall–Kier alpha value is -1.56. The largest absolute Gasteiger partial charge is 0.444 e. The number of nitrogens with zero attached hydrogens (tertiary/aromatic N) is 1. The fourth-order valence-corrected chi connectivity index (χ4v) is 2.23. The van der Waals surface area contributed by atoms with Gasteiger partial charge in [-0.3, -0.25) is 4.79 Å². The fraction of sp³-hybridized carbons (Fsp3) is 0.600. The maximum atomic E-state index is 11.9. The lowest BCUT2D eigenvalue weighted by Crippen LogP contribution is -2.41. The van der Waals surface area contributed by atoms with Crippen molar-refractivity contribution in [3.63, 3.8) is 0 Å². The molecule has 1 rings (SSSR count). The Morgan fingerprint density at radius 3 is 2.62 bits per heavy atom. The molecule has 0 aromatic carbocycles. The number of amides is 2. The van der Waals surface area contributed by atoms with Crippen molar-refractivity contribution < 1.29 is 14.3 Å². The summed E-state index contributed by atoms with van der Waals surface area (Å²) in [6, 6.07) is 1.78. The summed E-state index contributed by atoms with van der Waals surface area (Å²) in [5, 5.41) is 6.53. The molecule has 1 aromatic heterocycles. The molecule has 5 nitrogen and oxygen atoms in total. The van der Waals surface area contributed by atoms with E-state index in [4.69, 9.17) is 4.74 Å². The fourth-order valence-electron chi connectivity index (χ4n) is 1.60. The van der Waals surface area contributed by atoms with E-state index in [1.54, 1.807) is 18.0 Å². The highest BCUT2D eigenvalue weighted by molar-refractivity contribution is 7.08. The Morgan fingerprint density at radius 2 is 2.10 bits per heavy atom. The van der Waals surface area contributed by atoms with Crippen molar-refractivity contribution in [3.8, 4) is 0 Å². The van der Waals surface area contributed by atoms with Crippen molar-refractivity contribution in [1.29, 1.82) is 0 Å². The monoisotopic (exact) mass is 312 g/mol. The summed E-state index contributed by atoms with van der Waals surface area (Å²) < 4.78 is 5.31. The van der Waals surface area contributed by atoms with Gasteiger partial charge < -0.3 is 15.0 Å². The normalized spacial score (nSPS) is 12.6. The van der Waals surface area contributed by atoms with Gasteiger partial charge in [-0.1, -0.05) is 0 Å². The third-order valence-corrected chi connectivity index (χ3v) is 3.66. The van der Waals surface area contributed by atoms with Crippen LogP contribution in [0.15, 0.2) is 16.8 Å². The van der Waals surface area contributed by atoms with Gasteiger partial charge in [0.25, 0.3) is 5.91 Å². The van der Waals surface area contributed by atoms with Crippen molar-refractivity contribution in [1.82, 2.24) is 10.2 Å². The number of carbonyl (C=O) groups excluding carboxylic acids is 2. The molecular formula is C15H24N2O3S. The predicted molar refractivity (Wildman–Crippen MR) is 84.7 cm³/mol. The van der Waals surface area contributed by atoms with Gasteiger partial charge in [-0.25, -0.2) is 4.79 Å². The molecule has 1 atom stereocenters. The molecule has 0 aliphatic heterocycles. The number of carbonyl (C=O) groups is 2. The first-order chi connectivity index (χ1) is 9.70. The minimum atomic E-state index is -0.502. The van der Waals surface area contributed by atoms with Crippen LogP contribution in [0.25, 0.3) is 0 Å². The quantitative estimate of drug-likeness (QED) is 0.908. The van der Waals surface area contributed by atoms with Crippen LogP contribution >= 0.6 is 11.3 Å². The zero-order chi connectivity index (χ0) is 16.0. The summed E-state index contributed by atoms with van der Waals surface area (Å²) in [5.41, 5.74) is 0.172. The highest BCUT2D eigenvalue weighted by Crippen LogP contribution is 2.12. The Morgan fingerprint density at radius 1 is 1.43 bits per heavy atom. The molecule has 0 spiro atoms. The molecule has 1 N–H and O–H groups in total. The van der Waals surface area contributed by atoms with E-state index >= 15 is 0 Å². The van der Waals surface area contributed by atoms with Crippen molar-refractivity contribution in [2.45, 2.75) is 45.8 Å². The van der Waals surface area contributed by atoms with E-state index in [9.17, 15) is 9.59 Å². The molecule has 2 amide bonds. The molecule has 0 radical (unpaired) electrons. The molecule has 118 valence electrons. The molecule has 0 bridgehead atoms. The minimum Gasteiger partial charge on any atom is -0.444 e. The van der Waals surface area contributed by atoms with Gasteiger partial charge in [0.1, 0.15) is 5.60 Å². The molecule has 1 aromatic rings. The first-order valence-corrected chi connectivity index (χ1v) is 7.91. The zero-order valence-electron chi connectivity index (χ0n) is 13.3. The first-order valence-electron chi connectivity index (χ1n) is 6.97. The number of ether oxygens (including phenoxy) is 1. The summed E-state index contributed by atoms with van der Waals surface area (Å²) in [6.07, 6.45) is 0.324. The third-order valence-electron chi connectivity index (χ3n) is 2.97. The maximum Gasteiger partial charge on any atom is 0.410 e. The van der Waals surface area contributed by atoms with E-state index < -0.39 is 5.60 Å². The van der Waals surface area contributed by atoms with Gasteiger partial charge in [-0.2, -0.15) is 11.3 Å². The first kappa shape index (κ1) is 17.5. The lowest BCUT2D eigenvalue weighted by atomic mass is 10.2. The number of rotatable bonds is 5. The van der Waals surface area contributed by atoms with Crippen LogP contribution in [-0.4, -0.2) is 42.1 Å². The predicted octanol–water partition coefficient (Wildman–Crippen LogP) is 3.12. The highest BCUT2D eigenvalue weighted by atomic mass is 32.1. The topological polar surface area (TPSA) is 58.6 Å². The summed E-state index contributed by atoms with van der Waals surface area (Å²) >= 11 is 1.49. The SMILES string of the molecule is C[C@@H](CCNC(=O)c1ccsc1)N(C)C(=O)OC(C)(C)C. The van der Waals surface area contributed by atoms with E-state index in [-0.39, 0.29) is 18.0 Å². The summed E-state index contributed by atoms with van der Waals surface area (Å²) in [5.74, 6) is -0.0802. The van der Waals surface area contributed by atoms with Gasteiger partial charge >= 0.3 is 6.09 Å². The highest BCUT2D eigenvalue weighted by Gasteiger charge is 2.22. The second-order valence-corrected chi connectivity index (χ2v) is 6.78. The van der Waals surface area contributed by atoms with Crippen LogP contribution in [0.1, 0.15) is 44.5 Å². The van der Waals surface area contributed by atoms with E-state index in [2.05, 4.69) is 5.32 Å². The second-order valence-electron chi connectivity index (χ2n) is 6.00. The number of hydrogen-bond donors (Lipinski definition) is 1. The van der Waals surface area contributed by atoms with Crippen LogP contribution in [-0.2, 0) is 4.74 Å². The second kappa shape index (κ2) is 7.45. The summed E-state index contributed by atoms with van der Waals surface area (Å²) in [6.45, 7) is 7.96. The van der Waals surface area contributed by atoms with E-state index in [0.29, 0.717) is 18.5 Å². The van der Waals surface area contributed by atoms with Crippen LogP contribution in [0.4, 0.5) is 4.79 Å². The average Bonchev–Trinajstić information content (AvgIpc) is 2.89. The summed E-state index contributed by atoms with van der Waals surface area (Å²) in [7, 11) is 1.71. The molecule has 0 aliphatic carbocycles. The number of hydrogen-bond acceptors (Lipinski definition) is 4. The average molecular weight is 312 g/mol. The van der Waals surface area contributed by atoms with Gasteiger partial charge in [0, 0.05) is 30.6 Å². The van der Waals surface area contributed by atoms with Crippen LogP contribution in [0.2, 0.25) is 0 Å². The van der Waals surface area contributed by atoms with E-state index in [1.807, 2.05) is 38.5 Å². The van der Waals surface area contributed by atoms with Gasteiger partial charge in [0.15, 0.2) is 0 Å². The van der Waals surface area contributed by atoms with E-state index in [1.165, 1.54) is 11.3 Å². The zero-order valence-corrected chi connectivity index (χ0v) is 14.1. The Bertz CT molecular complexity index is 466. The van der Waals surface area contributed by atoms with Crippen LogP contribution < -0.4 is 5.32 Å². The summed E-state index contributed by atoms with van der Waals surface area (Å²) in [4.78, 5) is 25.2. The smallest absolute Gasteiger partial charge is 0.410 e. The van der Waals surface area contributed by atoms with Crippen molar-refractivity contribution >= 4 is 23.3 Å². The van der Waals surface area contributed by atoms with E-state index in [0.717, 1.165) is 0 Å². The lowest BCUT2D eigenvalue weighted by molar-refractivity contribution is 0.0230. The molecule has 0 fully saturated rings. The van der Waals surface area contributed by atoms with Gasteiger partial charge in [-0.15, -0.1) is 0 Å². The third kappa shape index (κ3) is 6.16. The maximum absolute atomic E-state index is 11.9. The van der Waals surface area contributed by atoms with Crippen molar-refractivity contribution in [3.05, 3.63) is 22.4 Å². The Kier molecular flexibility index (Phi) is 6.20. The molecule has 0 saturated heterocycles. The Labute approximate surface area is 130 Å². The van der Waals surface area contributed by atoms with Crippen molar-refractivity contribution in [2.24, 2.45) is 0 Å². The molecular weight excluding hydrogens is 288 g/mol.